The van der Waals surface area contributed by atoms with Crippen LogP contribution in [0.2, 0.25) is 0 Å². The monoisotopic (exact) mass is 506 g/mol. The molecule has 192 valence electrons. The lowest BCUT2D eigenvalue weighted by Crippen LogP contribution is -2.54. The molecular formula is C24H34N4O6S. The Morgan fingerprint density at radius 3 is 2.40 bits per heavy atom. The quantitative estimate of drug-likeness (QED) is 0.238. The number of amides is 3. The molecule has 2 unspecified atom stereocenters. The summed E-state index contributed by atoms with van der Waals surface area (Å²) in [6.45, 7) is 8.28. The number of nitrogens with zero attached hydrogens (tertiary/aromatic N) is 2. The summed E-state index contributed by atoms with van der Waals surface area (Å²) in [5, 5.41) is 14.6. The Balaban J connectivity index is 3.26. The first-order chi connectivity index (χ1) is 16.4. The van der Waals surface area contributed by atoms with Crippen molar-refractivity contribution in [1.29, 1.82) is 5.26 Å². The molecule has 10 nitrogen and oxygen atoms in total. The van der Waals surface area contributed by atoms with Crippen molar-refractivity contribution in [3.05, 3.63) is 35.4 Å². The number of nitrogens with one attached hydrogen (secondary N) is 2. The Labute approximate surface area is 211 Å². The first-order valence-electron chi connectivity index (χ1n) is 11.2. The fourth-order valence-corrected chi connectivity index (χ4v) is 3.42. The Kier molecular flexibility index (Phi) is 12.1. The molecule has 3 amide bonds. The highest BCUT2D eigenvalue weighted by molar-refractivity contribution is 7.80. The molecule has 35 heavy (non-hydrogen) atoms. The summed E-state index contributed by atoms with van der Waals surface area (Å²) in [6.07, 6.45) is -0.876. The third kappa shape index (κ3) is 9.86. The predicted molar refractivity (Wildman–Crippen MR) is 133 cm³/mol. The van der Waals surface area contributed by atoms with E-state index in [4.69, 9.17) is 9.47 Å². The van der Waals surface area contributed by atoms with Gasteiger partial charge in [-0.05, 0) is 45.7 Å². The number of alkyl carbamates (subject to hydrolysis) is 1. The predicted octanol–water partition coefficient (Wildman–Crippen LogP) is 2.28. The topological polar surface area (TPSA) is 138 Å². The number of rotatable bonds is 11. The van der Waals surface area contributed by atoms with Gasteiger partial charge in [-0.25, -0.2) is 4.79 Å². The molecule has 0 fully saturated rings. The van der Waals surface area contributed by atoms with Crippen molar-refractivity contribution in [2.75, 3.05) is 25.4 Å². The molecule has 0 aliphatic rings. The van der Waals surface area contributed by atoms with Gasteiger partial charge in [0.15, 0.2) is 0 Å². The highest BCUT2D eigenvalue weighted by Gasteiger charge is 2.36. The minimum absolute atomic E-state index is 0.0131. The molecule has 0 saturated carbocycles. The second-order valence-electron chi connectivity index (χ2n) is 8.61. The molecule has 0 aromatic heterocycles. The number of hydrogen-bond donors (Lipinski definition) is 3. The van der Waals surface area contributed by atoms with E-state index in [1.807, 2.05) is 6.07 Å². The lowest BCUT2D eigenvalue weighted by molar-refractivity contribution is -0.144. The Bertz CT molecular complexity index is 941. The van der Waals surface area contributed by atoms with Crippen molar-refractivity contribution in [2.45, 2.75) is 58.7 Å². The number of hydrogen-bond acceptors (Lipinski definition) is 8. The summed E-state index contributed by atoms with van der Waals surface area (Å²) in [5.74, 6) is -1.82. The largest absolute Gasteiger partial charge is 0.466 e. The van der Waals surface area contributed by atoms with E-state index < -0.39 is 48.1 Å². The van der Waals surface area contributed by atoms with E-state index in [-0.39, 0.29) is 25.3 Å². The van der Waals surface area contributed by atoms with Crippen LogP contribution >= 0.6 is 12.6 Å². The number of esters is 1. The molecule has 2 N–H and O–H groups in total. The summed E-state index contributed by atoms with van der Waals surface area (Å²) in [5.41, 5.74) is 0.430. The van der Waals surface area contributed by atoms with E-state index in [9.17, 15) is 24.4 Å². The molecule has 0 aliphatic carbocycles. The second-order valence-corrected chi connectivity index (χ2v) is 8.98. The van der Waals surface area contributed by atoms with Gasteiger partial charge < -0.3 is 25.0 Å². The molecule has 1 rings (SSSR count). The summed E-state index contributed by atoms with van der Waals surface area (Å²) >= 11 is 4.18. The summed E-state index contributed by atoms with van der Waals surface area (Å²) < 4.78 is 10.1. The third-order valence-electron chi connectivity index (χ3n) is 4.67. The SMILES string of the molecule is CCOC(=O)CCNC(=O)C(c1ccccc1C)N(CC#N)C(=O)C(CS)NC(=O)OC(C)(C)C. The van der Waals surface area contributed by atoms with Gasteiger partial charge in [0.25, 0.3) is 0 Å². The molecule has 0 heterocycles. The molecule has 1 aromatic carbocycles. The number of aryl methyl sites for hydroxylation is 1. The lowest BCUT2D eigenvalue weighted by atomic mass is 9.98. The van der Waals surface area contributed by atoms with Gasteiger partial charge in [-0.15, -0.1) is 0 Å². The van der Waals surface area contributed by atoms with Gasteiger partial charge in [-0.3, -0.25) is 14.4 Å². The van der Waals surface area contributed by atoms with Gasteiger partial charge >= 0.3 is 12.1 Å². The molecule has 0 aliphatic heterocycles. The highest BCUT2D eigenvalue weighted by Crippen LogP contribution is 2.25. The molecule has 1 aromatic rings. The Morgan fingerprint density at radius 1 is 1.20 bits per heavy atom. The molecule has 0 radical (unpaired) electrons. The van der Waals surface area contributed by atoms with E-state index in [1.165, 1.54) is 0 Å². The minimum atomic E-state index is -1.19. The minimum Gasteiger partial charge on any atom is -0.466 e. The number of carbonyl (C=O) groups is 4. The number of nitriles is 1. The number of thiol groups is 1. The van der Waals surface area contributed by atoms with Crippen LogP contribution in [-0.2, 0) is 23.9 Å². The molecule has 0 spiro atoms. The van der Waals surface area contributed by atoms with Crippen LogP contribution in [0, 0.1) is 18.3 Å². The van der Waals surface area contributed by atoms with Crippen molar-refractivity contribution < 1.29 is 28.7 Å². The molecule has 11 heteroatoms. The Hall–Kier alpha value is -3.26. The summed E-state index contributed by atoms with van der Waals surface area (Å²) in [4.78, 5) is 51.8. The smallest absolute Gasteiger partial charge is 0.408 e. The van der Waals surface area contributed by atoms with E-state index in [0.29, 0.717) is 5.56 Å². The van der Waals surface area contributed by atoms with Crippen LogP contribution in [-0.4, -0.2) is 65.9 Å². The summed E-state index contributed by atoms with van der Waals surface area (Å²) in [6, 6.07) is 6.53. The maximum absolute atomic E-state index is 13.5. The summed E-state index contributed by atoms with van der Waals surface area (Å²) in [7, 11) is 0. The highest BCUT2D eigenvalue weighted by atomic mass is 32.1. The maximum atomic E-state index is 13.5. The third-order valence-corrected chi connectivity index (χ3v) is 5.04. The zero-order valence-corrected chi connectivity index (χ0v) is 21.7. The fraction of sp³-hybridized carbons (Fsp3) is 0.542. The van der Waals surface area contributed by atoms with Gasteiger partial charge in [-0.1, -0.05) is 24.3 Å². The standard InChI is InChI=1S/C24H34N4O6S/c1-6-33-19(29)11-13-26-21(30)20(17-10-8-7-9-16(17)2)28(14-12-25)22(31)18(15-35)27-23(32)34-24(3,4)5/h7-10,18,20,35H,6,11,13-15H2,1-5H3,(H,26,30)(H,27,32). The average molecular weight is 507 g/mol. The van der Waals surface area contributed by atoms with E-state index in [0.717, 1.165) is 10.5 Å². The first kappa shape index (κ1) is 29.8. The van der Waals surface area contributed by atoms with E-state index in [2.05, 4.69) is 23.3 Å². The number of carbonyl (C=O) groups excluding carboxylic acids is 4. The normalized spacial score (nSPS) is 12.5. The van der Waals surface area contributed by atoms with Crippen LogP contribution in [0.3, 0.4) is 0 Å². The van der Waals surface area contributed by atoms with Crippen LogP contribution in [0.4, 0.5) is 4.79 Å². The van der Waals surface area contributed by atoms with Crippen molar-refractivity contribution >= 4 is 36.5 Å². The molecule has 2 atom stereocenters. The first-order valence-corrected chi connectivity index (χ1v) is 11.8. The molecule has 0 bridgehead atoms. The number of benzene rings is 1. The van der Waals surface area contributed by atoms with Crippen molar-refractivity contribution in [3.8, 4) is 6.07 Å². The van der Waals surface area contributed by atoms with Crippen molar-refractivity contribution in [1.82, 2.24) is 15.5 Å². The lowest BCUT2D eigenvalue weighted by Gasteiger charge is -2.33. The second kappa shape index (κ2) is 14.2. The van der Waals surface area contributed by atoms with Crippen LogP contribution in [0.25, 0.3) is 0 Å². The van der Waals surface area contributed by atoms with Gasteiger partial charge in [0, 0.05) is 12.3 Å². The number of ether oxygens (including phenoxy) is 2. The molecular weight excluding hydrogens is 472 g/mol. The Morgan fingerprint density at radius 2 is 1.86 bits per heavy atom. The van der Waals surface area contributed by atoms with Gasteiger partial charge in [0.1, 0.15) is 24.2 Å². The van der Waals surface area contributed by atoms with Gasteiger partial charge in [0.2, 0.25) is 11.8 Å². The zero-order chi connectivity index (χ0) is 26.6. The van der Waals surface area contributed by atoms with Gasteiger partial charge in [0.05, 0.1) is 19.1 Å². The van der Waals surface area contributed by atoms with Crippen LogP contribution in [0.5, 0.6) is 0 Å². The van der Waals surface area contributed by atoms with Crippen LogP contribution in [0.15, 0.2) is 24.3 Å². The van der Waals surface area contributed by atoms with Crippen LogP contribution < -0.4 is 10.6 Å². The van der Waals surface area contributed by atoms with Crippen molar-refractivity contribution in [3.63, 3.8) is 0 Å². The average Bonchev–Trinajstić information content (AvgIpc) is 2.76. The fourth-order valence-electron chi connectivity index (χ4n) is 3.17. The molecule has 0 saturated heterocycles. The van der Waals surface area contributed by atoms with Crippen LogP contribution in [0.1, 0.15) is 51.3 Å². The van der Waals surface area contributed by atoms with E-state index >= 15 is 0 Å². The maximum Gasteiger partial charge on any atom is 0.408 e. The van der Waals surface area contributed by atoms with E-state index in [1.54, 1.807) is 58.9 Å². The van der Waals surface area contributed by atoms with Crippen molar-refractivity contribution in [2.24, 2.45) is 0 Å². The zero-order valence-electron chi connectivity index (χ0n) is 20.8. The van der Waals surface area contributed by atoms with Gasteiger partial charge in [-0.2, -0.15) is 17.9 Å².